The largest absolute Gasteiger partial charge is 0.493 e. The van der Waals surface area contributed by atoms with Crippen molar-refractivity contribution in [2.24, 2.45) is 0 Å². The predicted octanol–water partition coefficient (Wildman–Crippen LogP) is 4.24. The van der Waals surface area contributed by atoms with Gasteiger partial charge in [-0.2, -0.15) is 0 Å². The summed E-state index contributed by atoms with van der Waals surface area (Å²) in [6.07, 6.45) is 0. The molecule has 26 heavy (non-hydrogen) atoms. The number of hydrogen-bond acceptors (Lipinski definition) is 5. The van der Waals surface area contributed by atoms with Gasteiger partial charge in [0.1, 0.15) is 5.56 Å². The summed E-state index contributed by atoms with van der Waals surface area (Å²) < 4.78 is 10.5. The maximum Gasteiger partial charge on any atom is 0.286 e. The molecule has 0 unspecified atom stereocenters. The van der Waals surface area contributed by atoms with Gasteiger partial charge in [-0.3, -0.25) is 14.9 Å². The number of ether oxygens (including phenoxy) is 2. The highest BCUT2D eigenvalue weighted by Crippen LogP contribution is 2.34. The van der Waals surface area contributed by atoms with Crippen molar-refractivity contribution < 1.29 is 19.2 Å². The maximum atomic E-state index is 12.5. The Morgan fingerprint density at radius 3 is 2.54 bits per heavy atom. The van der Waals surface area contributed by atoms with Gasteiger partial charge in [0.25, 0.3) is 11.6 Å². The molecule has 2 rings (SSSR count). The summed E-state index contributed by atoms with van der Waals surface area (Å²) in [7, 11) is 1.39. The zero-order valence-corrected chi connectivity index (χ0v) is 15.6. The van der Waals surface area contributed by atoms with E-state index in [0.717, 1.165) is 0 Å². The summed E-state index contributed by atoms with van der Waals surface area (Å²) in [6, 6.07) is 7.30. The molecule has 1 N–H and O–H groups in total. The van der Waals surface area contributed by atoms with E-state index >= 15 is 0 Å². The second kappa shape index (κ2) is 8.73. The summed E-state index contributed by atoms with van der Waals surface area (Å²) in [5.41, 5.74) is 0.110. The van der Waals surface area contributed by atoms with Crippen LogP contribution in [0.25, 0.3) is 0 Å². The Hall–Kier alpha value is -2.51. The quantitative estimate of drug-likeness (QED) is 0.556. The van der Waals surface area contributed by atoms with Crippen LogP contribution >= 0.6 is 23.2 Å². The number of amides is 1. The molecule has 0 heterocycles. The molecule has 1 amide bonds. The molecule has 2 aromatic rings. The minimum atomic E-state index is -0.647. The molecule has 0 aromatic heterocycles. The van der Waals surface area contributed by atoms with Crippen molar-refractivity contribution in [3.8, 4) is 11.5 Å². The van der Waals surface area contributed by atoms with Gasteiger partial charge in [0.05, 0.1) is 24.7 Å². The lowest BCUT2D eigenvalue weighted by molar-refractivity contribution is -0.385. The second-order valence-corrected chi connectivity index (χ2v) is 5.97. The number of nitrogens with zero attached hydrogens (tertiary/aromatic N) is 1. The molecule has 0 saturated carbocycles. The Bertz CT molecular complexity index is 842. The summed E-state index contributed by atoms with van der Waals surface area (Å²) in [5, 5.41) is 14.8. The first-order valence-electron chi connectivity index (χ1n) is 7.58. The molecule has 0 fully saturated rings. The molecule has 7 nitrogen and oxygen atoms in total. The molecule has 0 atom stereocenters. The SMILES string of the molecule is CCOc1cc([N+](=O)[O-])c(C(=O)NCc2ccc(Cl)cc2Cl)cc1OC. The van der Waals surface area contributed by atoms with Crippen LogP contribution < -0.4 is 14.8 Å². The van der Waals surface area contributed by atoms with Crippen molar-refractivity contribution in [3.63, 3.8) is 0 Å². The molecule has 0 radical (unpaired) electrons. The molecule has 0 saturated heterocycles. The van der Waals surface area contributed by atoms with Gasteiger partial charge < -0.3 is 14.8 Å². The van der Waals surface area contributed by atoms with E-state index in [2.05, 4.69) is 5.32 Å². The van der Waals surface area contributed by atoms with E-state index in [9.17, 15) is 14.9 Å². The monoisotopic (exact) mass is 398 g/mol. The molecule has 0 aliphatic carbocycles. The lowest BCUT2D eigenvalue weighted by Crippen LogP contribution is -2.24. The van der Waals surface area contributed by atoms with Crippen LogP contribution in [-0.2, 0) is 6.54 Å². The lowest BCUT2D eigenvalue weighted by Gasteiger charge is -2.12. The van der Waals surface area contributed by atoms with Crippen LogP contribution in [0.15, 0.2) is 30.3 Å². The van der Waals surface area contributed by atoms with Gasteiger partial charge in [0.2, 0.25) is 0 Å². The first-order valence-corrected chi connectivity index (χ1v) is 8.34. The van der Waals surface area contributed by atoms with Gasteiger partial charge in [-0.05, 0) is 24.6 Å². The number of carbonyl (C=O) groups is 1. The van der Waals surface area contributed by atoms with Crippen molar-refractivity contribution >= 4 is 34.8 Å². The second-order valence-electron chi connectivity index (χ2n) is 5.13. The number of benzene rings is 2. The number of rotatable bonds is 7. The third kappa shape index (κ3) is 4.56. The highest BCUT2D eigenvalue weighted by Gasteiger charge is 2.24. The first kappa shape index (κ1) is 19.8. The van der Waals surface area contributed by atoms with Crippen molar-refractivity contribution in [1.82, 2.24) is 5.32 Å². The number of methoxy groups -OCH3 is 1. The van der Waals surface area contributed by atoms with E-state index < -0.39 is 10.8 Å². The maximum absolute atomic E-state index is 12.5. The van der Waals surface area contributed by atoms with E-state index in [1.165, 1.54) is 19.2 Å². The highest BCUT2D eigenvalue weighted by molar-refractivity contribution is 6.35. The molecule has 138 valence electrons. The third-order valence-electron chi connectivity index (χ3n) is 3.48. The molecule has 0 aliphatic heterocycles. The van der Waals surface area contributed by atoms with Crippen molar-refractivity contribution in [2.45, 2.75) is 13.5 Å². The number of nitrogens with one attached hydrogen (secondary N) is 1. The van der Waals surface area contributed by atoms with Gasteiger partial charge in [0, 0.05) is 22.7 Å². The van der Waals surface area contributed by atoms with Crippen LogP contribution in [0, 0.1) is 10.1 Å². The van der Waals surface area contributed by atoms with E-state index in [0.29, 0.717) is 22.2 Å². The smallest absolute Gasteiger partial charge is 0.286 e. The minimum Gasteiger partial charge on any atom is -0.493 e. The molecular formula is C17H16Cl2N2O5. The van der Waals surface area contributed by atoms with Crippen molar-refractivity contribution in [2.75, 3.05) is 13.7 Å². The molecule has 9 heteroatoms. The Kier molecular flexibility index (Phi) is 6.65. The average Bonchev–Trinajstić information content (AvgIpc) is 2.60. The predicted molar refractivity (Wildman–Crippen MR) is 98.4 cm³/mol. The number of carbonyl (C=O) groups excluding carboxylic acids is 1. The van der Waals surface area contributed by atoms with Gasteiger partial charge >= 0.3 is 0 Å². The van der Waals surface area contributed by atoms with Gasteiger partial charge in [-0.15, -0.1) is 0 Å². The zero-order chi connectivity index (χ0) is 19.3. The zero-order valence-electron chi connectivity index (χ0n) is 14.0. The average molecular weight is 399 g/mol. The van der Waals surface area contributed by atoms with Crippen LogP contribution in [0.3, 0.4) is 0 Å². The van der Waals surface area contributed by atoms with Crippen molar-refractivity contribution in [3.05, 3.63) is 61.6 Å². The molecule has 0 spiro atoms. The number of nitro benzene ring substituents is 1. The number of hydrogen-bond donors (Lipinski definition) is 1. The number of nitro groups is 1. The summed E-state index contributed by atoms with van der Waals surface area (Å²) in [5.74, 6) is -0.213. The Morgan fingerprint density at radius 1 is 1.23 bits per heavy atom. The fraction of sp³-hybridized carbons (Fsp3) is 0.235. The van der Waals surface area contributed by atoms with E-state index in [1.807, 2.05) is 0 Å². The highest BCUT2D eigenvalue weighted by atomic mass is 35.5. The van der Waals surface area contributed by atoms with Crippen LogP contribution in [0.5, 0.6) is 11.5 Å². The summed E-state index contributed by atoms with van der Waals surface area (Å²) >= 11 is 11.9. The van der Waals surface area contributed by atoms with Crippen LogP contribution in [-0.4, -0.2) is 24.5 Å². The Labute approximate surface area is 160 Å². The minimum absolute atomic E-state index is 0.0848. The van der Waals surface area contributed by atoms with Gasteiger partial charge in [-0.25, -0.2) is 0 Å². The summed E-state index contributed by atoms with van der Waals surface area (Å²) in [6.45, 7) is 2.12. The number of halogens is 2. The Morgan fingerprint density at radius 2 is 1.96 bits per heavy atom. The van der Waals surface area contributed by atoms with E-state index in [1.54, 1.807) is 25.1 Å². The van der Waals surface area contributed by atoms with Crippen LogP contribution in [0.1, 0.15) is 22.8 Å². The lowest BCUT2D eigenvalue weighted by atomic mass is 10.1. The molecule has 0 bridgehead atoms. The first-order chi connectivity index (χ1) is 12.4. The van der Waals surface area contributed by atoms with Crippen LogP contribution in [0.4, 0.5) is 5.69 Å². The van der Waals surface area contributed by atoms with Crippen molar-refractivity contribution in [1.29, 1.82) is 0 Å². The Balaban J connectivity index is 2.30. The fourth-order valence-corrected chi connectivity index (χ4v) is 2.72. The van der Waals surface area contributed by atoms with E-state index in [4.69, 9.17) is 32.7 Å². The molecule has 2 aromatic carbocycles. The summed E-state index contributed by atoms with van der Waals surface area (Å²) in [4.78, 5) is 23.2. The fourth-order valence-electron chi connectivity index (χ4n) is 2.25. The molecular weight excluding hydrogens is 383 g/mol. The molecule has 0 aliphatic rings. The standard InChI is InChI=1S/C17H16Cl2N2O5/c1-3-26-16-8-14(21(23)24)12(7-15(16)25-2)17(22)20-9-10-4-5-11(18)6-13(10)19/h4-8H,3,9H2,1-2H3,(H,20,22). The normalized spacial score (nSPS) is 10.3. The van der Waals surface area contributed by atoms with Crippen LogP contribution in [0.2, 0.25) is 10.0 Å². The topological polar surface area (TPSA) is 90.7 Å². The van der Waals surface area contributed by atoms with Gasteiger partial charge in [0.15, 0.2) is 11.5 Å². The van der Waals surface area contributed by atoms with Gasteiger partial charge in [-0.1, -0.05) is 29.3 Å². The van der Waals surface area contributed by atoms with E-state index in [-0.39, 0.29) is 29.3 Å². The third-order valence-corrected chi connectivity index (χ3v) is 4.06.